The number of hydrogen-bond donors (Lipinski definition) is 0. The predicted molar refractivity (Wildman–Crippen MR) is 56.8 cm³/mol. The number of allylic oxidation sites excluding steroid dienone is 3. The lowest BCUT2D eigenvalue weighted by atomic mass is 9.88. The fourth-order valence-corrected chi connectivity index (χ4v) is 3.32. The highest BCUT2D eigenvalue weighted by atomic mass is 16.5. The molecule has 0 amide bonds. The molecule has 0 bridgehead atoms. The Morgan fingerprint density at radius 1 is 1.29 bits per heavy atom. The van der Waals surface area contributed by atoms with E-state index in [1.807, 2.05) is 0 Å². The maximum Gasteiger partial charge on any atom is 0.0799 e. The van der Waals surface area contributed by atoms with Crippen LogP contribution in [0.3, 0.4) is 0 Å². The molecule has 1 heteroatoms. The fourth-order valence-electron chi connectivity index (χ4n) is 3.32. The Kier molecular flexibility index (Phi) is 1.88. The standard InChI is InChI=1S/C13H16O/c1-2-9-8-10-4-3-7-14-12-6-5-11(9)13(10)12/h2-6,9-13H,1,7-8H2/t9-,10+,11-,12-,13+/m0/s1. The van der Waals surface area contributed by atoms with Gasteiger partial charge in [-0.3, -0.25) is 0 Å². The molecule has 3 aliphatic rings. The monoisotopic (exact) mass is 188 g/mol. The van der Waals surface area contributed by atoms with Crippen molar-refractivity contribution in [2.24, 2.45) is 23.7 Å². The van der Waals surface area contributed by atoms with Crippen LogP contribution < -0.4 is 0 Å². The van der Waals surface area contributed by atoms with Gasteiger partial charge >= 0.3 is 0 Å². The van der Waals surface area contributed by atoms with Gasteiger partial charge in [-0.05, 0) is 24.2 Å². The first kappa shape index (κ1) is 8.49. The average molecular weight is 188 g/mol. The molecule has 0 aromatic heterocycles. The number of hydrogen-bond acceptors (Lipinski definition) is 1. The molecule has 1 fully saturated rings. The summed E-state index contributed by atoms with van der Waals surface area (Å²) >= 11 is 0. The Hall–Kier alpha value is -0.820. The molecular weight excluding hydrogens is 172 g/mol. The van der Waals surface area contributed by atoms with Gasteiger partial charge in [0.2, 0.25) is 0 Å². The zero-order valence-electron chi connectivity index (χ0n) is 8.30. The summed E-state index contributed by atoms with van der Waals surface area (Å²) in [5, 5.41) is 0. The molecule has 2 aliphatic carbocycles. The lowest BCUT2D eigenvalue weighted by Gasteiger charge is -2.21. The van der Waals surface area contributed by atoms with Crippen molar-refractivity contribution in [1.82, 2.24) is 0 Å². The maximum atomic E-state index is 5.79. The highest BCUT2D eigenvalue weighted by molar-refractivity contribution is 5.21. The van der Waals surface area contributed by atoms with E-state index in [9.17, 15) is 0 Å². The average Bonchev–Trinajstić information content (AvgIpc) is 2.68. The van der Waals surface area contributed by atoms with E-state index >= 15 is 0 Å². The van der Waals surface area contributed by atoms with Gasteiger partial charge in [0.15, 0.2) is 0 Å². The van der Waals surface area contributed by atoms with E-state index in [2.05, 4.69) is 37.0 Å². The summed E-state index contributed by atoms with van der Waals surface area (Å²) in [7, 11) is 0. The Balaban J connectivity index is 1.95. The molecule has 14 heavy (non-hydrogen) atoms. The zero-order chi connectivity index (χ0) is 9.54. The molecule has 1 aliphatic heterocycles. The topological polar surface area (TPSA) is 9.23 Å². The van der Waals surface area contributed by atoms with Gasteiger partial charge in [0.05, 0.1) is 12.7 Å². The SMILES string of the molecule is C=C[C@H]1C[C@H]2C=CCO[C@H]3C=C[C@@H]1[C@@H]23. The fraction of sp³-hybridized carbons (Fsp3) is 0.538. The number of rotatable bonds is 1. The molecule has 0 N–H and O–H groups in total. The molecule has 0 spiro atoms. The molecule has 0 aromatic carbocycles. The Labute approximate surface area is 85.1 Å². The van der Waals surface area contributed by atoms with Crippen molar-refractivity contribution in [2.75, 3.05) is 6.61 Å². The molecule has 5 atom stereocenters. The van der Waals surface area contributed by atoms with Gasteiger partial charge in [-0.15, -0.1) is 6.58 Å². The van der Waals surface area contributed by atoms with Crippen LogP contribution in [-0.2, 0) is 4.74 Å². The Morgan fingerprint density at radius 2 is 2.21 bits per heavy atom. The first-order valence-electron chi connectivity index (χ1n) is 5.49. The van der Waals surface area contributed by atoms with Gasteiger partial charge in [0.25, 0.3) is 0 Å². The van der Waals surface area contributed by atoms with E-state index in [1.54, 1.807) is 0 Å². The highest BCUT2D eigenvalue weighted by Crippen LogP contribution is 2.50. The summed E-state index contributed by atoms with van der Waals surface area (Å²) in [6.07, 6.45) is 12.9. The smallest absolute Gasteiger partial charge is 0.0799 e. The largest absolute Gasteiger partial charge is 0.370 e. The van der Waals surface area contributed by atoms with Crippen molar-refractivity contribution in [3.8, 4) is 0 Å². The summed E-state index contributed by atoms with van der Waals surface area (Å²) in [5.41, 5.74) is 0. The van der Waals surface area contributed by atoms with Gasteiger partial charge in [-0.25, -0.2) is 0 Å². The third-order valence-electron chi connectivity index (χ3n) is 3.95. The van der Waals surface area contributed by atoms with Crippen LogP contribution in [0.5, 0.6) is 0 Å². The minimum atomic E-state index is 0.366. The normalized spacial score (nSPS) is 49.0. The summed E-state index contributed by atoms with van der Waals surface area (Å²) in [6, 6.07) is 0. The van der Waals surface area contributed by atoms with Crippen molar-refractivity contribution in [1.29, 1.82) is 0 Å². The van der Waals surface area contributed by atoms with Gasteiger partial charge < -0.3 is 4.74 Å². The van der Waals surface area contributed by atoms with Crippen molar-refractivity contribution >= 4 is 0 Å². The van der Waals surface area contributed by atoms with Gasteiger partial charge in [0, 0.05) is 5.92 Å². The van der Waals surface area contributed by atoms with E-state index < -0.39 is 0 Å². The molecule has 1 nitrogen and oxygen atoms in total. The molecule has 0 radical (unpaired) electrons. The molecule has 1 saturated carbocycles. The molecule has 1 heterocycles. The molecular formula is C13H16O. The zero-order valence-corrected chi connectivity index (χ0v) is 8.30. The van der Waals surface area contributed by atoms with Crippen LogP contribution in [0.2, 0.25) is 0 Å². The summed E-state index contributed by atoms with van der Waals surface area (Å²) in [5.74, 6) is 2.75. The third-order valence-corrected chi connectivity index (χ3v) is 3.95. The second kappa shape index (κ2) is 3.09. The maximum absolute atomic E-state index is 5.79. The predicted octanol–water partition coefficient (Wildman–Crippen LogP) is 2.57. The second-order valence-electron chi connectivity index (χ2n) is 4.56. The first-order valence-corrected chi connectivity index (χ1v) is 5.49. The van der Waals surface area contributed by atoms with Crippen molar-refractivity contribution < 1.29 is 4.74 Å². The molecule has 0 saturated heterocycles. The van der Waals surface area contributed by atoms with E-state index in [0.717, 1.165) is 6.61 Å². The molecule has 74 valence electrons. The third kappa shape index (κ3) is 1.05. The van der Waals surface area contributed by atoms with Crippen LogP contribution in [0.4, 0.5) is 0 Å². The molecule has 0 unspecified atom stereocenters. The lowest BCUT2D eigenvalue weighted by molar-refractivity contribution is 0.0612. The number of ether oxygens (including phenoxy) is 1. The quantitative estimate of drug-likeness (QED) is 0.575. The summed E-state index contributed by atoms with van der Waals surface area (Å²) < 4.78 is 5.79. The molecule has 0 aromatic rings. The van der Waals surface area contributed by atoms with Crippen LogP contribution in [-0.4, -0.2) is 12.7 Å². The van der Waals surface area contributed by atoms with Crippen molar-refractivity contribution in [3.63, 3.8) is 0 Å². The van der Waals surface area contributed by atoms with E-state index in [0.29, 0.717) is 29.8 Å². The van der Waals surface area contributed by atoms with Crippen molar-refractivity contribution in [2.45, 2.75) is 12.5 Å². The minimum Gasteiger partial charge on any atom is -0.370 e. The first-order chi connectivity index (χ1) is 6.90. The van der Waals surface area contributed by atoms with Gasteiger partial charge in [0.1, 0.15) is 0 Å². The van der Waals surface area contributed by atoms with E-state index in [-0.39, 0.29) is 0 Å². The van der Waals surface area contributed by atoms with E-state index in [4.69, 9.17) is 4.74 Å². The highest BCUT2D eigenvalue weighted by Gasteiger charge is 2.46. The molecule has 3 rings (SSSR count). The Morgan fingerprint density at radius 3 is 3.07 bits per heavy atom. The van der Waals surface area contributed by atoms with Crippen molar-refractivity contribution in [3.05, 3.63) is 37.0 Å². The van der Waals surface area contributed by atoms with Crippen LogP contribution in [0.15, 0.2) is 37.0 Å². The van der Waals surface area contributed by atoms with Crippen LogP contribution >= 0.6 is 0 Å². The summed E-state index contributed by atoms with van der Waals surface area (Å²) in [4.78, 5) is 0. The minimum absolute atomic E-state index is 0.366. The van der Waals surface area contributed by atoms with E-state index in [1.165, 1.54) is 6.42 Å². The summed E-state index contributed by atoms with van der Waals surface area (Å²) in [6.45, 7) is 4.73. The van der Waals surface area contributed by atoms with Gasteiger partial charge in [-0.1, -0.05) is 30.4 Å². The lowest BCUT2D eigenvalue weighted by Crippen LogP contribution is -2.23. The Bertz CT molecular complexity index is 302. The van der Waals surface area contributed by atoms with Crippen LogP contribution in [0.25, 0.3) is 0 Å². The van der Waals surface area contributed by atoms with Gasteiger partial charge in [-0.2, -0.15) is 0 Å². The van der Waals surface area contributed by atoms with Crippen LogP contribution in [0.1, 0.15) is 6.42 Å². The second-order valence-corrected chi connectivity index (χ2v) is 4.56. The van der Waals surface area contributed by atoms with Crippen LogP contribution in [0, 0.1) is 23.7 Å².